The van der Waals surface area contributed by atoms with Gasteiger partial charge in [0.15, 0.2) is 0 Å². The summed E-state index contributed by atoms with van der Waals surface area (Å²) in [5.74, 6) is 0.179. The zero-order valence-corrected chi connectivity index (χ0v) is 19.6. The highest BCUT2D eigenvalue weighted by Gasteiger charge is 2.19. The normalized spacial score (nSPS) is 10.7. The molecule has 168 valence electrons. The van der Waals surface area contributed by atoms with Crippen LogP contribution in [0.3, 0.4) is 0 Å². The van der Waals surface area contributed by atoms with Crippen LogP contribution in [-0.2, 0) is 6.61 Å². The number of anilines is 1. The molecule has 1 amide bonds. The van der Waals surface area contributed by atoms with Gasteiger partial charge in [0.05, 0.1) is 29.6 Å². The second-order valence-corrected chi connectivity index (χ2v) is 8.36. The molecule has 0 aliphatic rings. The van der Waals surface area contributed by atoms with Crippen molar-refractivity contribution in [1.29, 1.82) is 0 Å². The van der Waals surface area contributed by atoms with Crippen LogP contribution in [0.25, 0.3) is 11.1 Å². The predicted octanol–water partition coefficient (Wildman–Crippen LogP) is 4.50. The second kappa shape index (κ2) is 9.88. The molecule has 33 heavy (non-hydrogen) atoms. The van der Waals surface area contributed by atoms with E-state index in [1.807, 2.05) is 26.0 Å². The molecule has 0 aliphatic carbocycles. The molecule has 0 atom stereocenters. The molecule has 11 heteroatoms. The fourth-order valence-electron chi connectivity index (χ4n) is 2.99. The van der Waals surface area contributed by atoms with Gasteiger partial charge in [0.1, 0.15) is 12.4 Å². The minimum Gasteiger partial charge on any atom is -0.494 e. The lowest BCUT2D eigenvalue weighted by molar-refractivity contribution is 0.102. The number of hydrogen-bond donors (Lipinski definition) is 1. The maximum atomic E-state index is 13.1. The Kier molecular flexibility index (Phi) is 6.76. The molecule has 9 nitrogen and oxygen atoms in total. The molecule has 0 fully saturated rings. The number of aryl methyl sites for hydroxylation is 2. The number of nitrogens with one attached hydrogen (secondary N) is 1. The second-order valence-electron chi connectivity index (χ2n) is 6.98. The van der Waals surface area contributed by atoms with Crippen molar-refractivity contribution >= 4 is 34.0 Å². The fourth-order valence-corrected chi connectivity index (χ4v) is 3.70. The first kappa shape index (κ1) is 22.6. The minimum atomic E-state index is -0.379. The Morgan fingerprint density at radius 2 is 1.79 bits per heavy atom. The van der Waals surface area contributed by atoms with Gasteiger partial charge in [0.25, 0.3) is 11.1 Å². The number of methoxy groups -OCH3 is 1. The van der Waals surface area contributed by atoms with Crippen LogP contribution in [0.2, 0.25) is 5.02 Å². The lowest BCUT2D eigenvalue weighted by Gasteiger charge is -2.13. The standard InChI is InChI=1S/C22H19ClN6O3S/c1-12-6-16(17-7-13(2)25-10-19(17)31-3)18(9-24-12)20(30)27-21-28-29-22(33-21)32-11-15-5-4-14(23)8-26-15/h4-10H,11H2,1-3H3,(H,27,28,30). The Labute approximate surface area is 198 Å². The predicted molar refractivity (Wildman–Crippen MR) is 125 cm³/mol. The highest BCUT2D eigenvalue weighted by molar-refractivity contribution is 7.17. The van der Waals surface area contributed by atoms with Crippen LogP contribution in [0.15, 0.2) is 42.9 Å². The number of amides is 1. The molecule has 0 saturated carbocycles. The first-order valence-electron chi connectivity index (χ1n) is 9.78. The summed E-state index contributed by atoms with van der Waals surface area (Å²) in [4.78, 5) is 25.8. The third-order valence-corrected chi connectivity index (χ3v) is 5.53. The fraction of sp³-hybridized carbons (Fsp3) is 0.182. The Bertz CT molecular complexity index is 1300. The summed E-state index contributed by atoms with van der Waals surface area (Å²) >= 11 is 6.94. The van der Waals surface area contributed by atoms with Crippen LogP contribution in [0.5, 0.6) is 10.9 Å². The highest BCUT2D eigenvalue weighted by atomic mass is 35.5. The van der Waals surface area contributed by atoms with Gasteiger partial charge in [-0.3, -0.25) is 25.1 Å². The van der Waals surface area contributed by atoms with E-state index in [4.69, 9.17) is 21.1 Å². The van der Waals surface area contributed by atoms with Crippen molar-refractivity contribution in [2.24, 2.45) is 0 Å². The Morgan fingerprint density at radius 1 is 1.03 bits per heavy atom. The Morgan fingerprint density at radius 3 is 2.52 bits per heavy atom. The van der Waals surface area contributed by atoms with E-state index in [0.717, 1.165) is 28.3 Å². The van der Waals surface area contributed by atoms with Gasteiger partial charge >= 0.3 is 0 Å². The maximum absolute atomic E-state index is 13.1. The molecular weight excluding hydrogens is 464 g/mol. The summed E-state index contributed by atoms with van der Waals surface area (Å²) in [6.07, 6.45) is 4.70. The number of aromatic nitrogens is 5. The van der Waals surface area contributed by atoms with Crippen molar-refractivity contribution in [3.8, 4) is 22.1 Å². The number of pyridine rings is 3. The van der Waals surface area contributed by atoms with Gasteiger partial charge in [-0.1, -0.05) is 16.7 Å². The van der Waals surface area contributed by atoms with Gasteiger partial charge in [0, 0.05) is 34.9 Å². The zero-order chi connectivity index (χ0) is 23.4. The maximum Gasteiger partial charge on any atom is 0.296 e. The summed E-state index contributed by atoms with van der Waals surface area (Å²) in [7, 11) is 1.56. The lowest BCUT2D eigenvalue weighted by Crippen LogP contribution is -2.14. The third-order valence-electron chi connectivity index (χ3n) is 4.56. The number of nitrogens with zero attached hydrogens (tertiary/aromatic N) is 5. The van der Waals surface area contributed by atoms with Crippen LogP contribution in [0, 0.1) is 13.8 Å². The van der Waals surface area contributed by atoms with E-state index in [1.54, 1.807) is 31.6 Å². The van der Waals surface area contributed by atoms with Crippen molar-refractivity contribution in [2.45, 2.75) is 20.5 Å². The summed E-state index contributed by atoms with van der Waals surface area (Å²) < 4.78 is 11.1. The van der Waals surface area contributed by atoms with Gasteiger partial charge in [-0.2, -0.15) is 0 Å². The van der Waals surface area contributed by atoms with E-state index in [2.05, 4.69) is 30.5 Å². The number of ether oxygens (including phenoxy) is 2. The highest BCUT2D eigenvalue weighted by Crippen LogP contribution is 2.33. The average molecular weight is 483 g/mol. The van der Waals surface area contributed by atoms with E-state index in [-0.39, 0.29) is 12.5 Å². The quantitative estimate of drug-likeness (QED) is 0.409. The third kappa shape index (κ3) is 5.41. The van der Waals surface area contributed by atoms with Gasteiger partial charge in [-0.25, -0.2) is 0 Å². The van der Waals surface area contributed by atoms with Crippen LogP contribution < -0.4 is 14.8 Å². The topological polar surface area (TPSA) is 112 Å². The molecule has 4 aromatic rings. The van der Waals surface area contributed by atoms with Crippen molar-refractivity contribution < 1.29 is 14.3 Å². The molecule has 0 bridgehead atoms. The molecule has 0 unspecified atom stereocenters. The Hall–Kier alpha value is -3.63. The number of carbonyl (C=O) groups is 1. The largest absolute Gasteiger partial charge is 0.494 e. The van der Waals surface area contributed by atoms with Crippen molar-refractivity contribution in [3.05, 3.63) is 70.5 Å². The molecule has 0 aromatic carbocycles. The summed E-state index contributed by atoms with van der Waals surface area (Å²) in [6.45, 7) is 3.93. The van der Waals surface area contributed by atoms with Gasteiger partial charge in [-0.15, -0.1) is 5.10 Å². The monoisotopic (exact) mass is 482 g/mol. The molecule has 4 rings (SSSR count). The van der Waals surface area contributed by atoms with E-state index >= 15 is 0 Å². The smallest absolute Gasteiger partial charge is 0.296 e. The first-order valence-corrected chi connectivity index (χ1v) is 11.0. The van der Waals surface area contributed by atoms with Crippen LogP contribution in [-0.4, -0.2) is 38.2 Å². The molecule has 1 N–H and O–H groups in total. The first-order chi connectivity index (χ1) is 15.9. The molecule has 0 radical (unpaired) electrons. The van der Waals surface area contributed by atoms with E-state index in [9.17, 15) is 4.79 Å². The van der Waals surface area contributed by atoms with E-state index in [1.165, 1.54) is 6.20 Å². The van der Waals surface area contributed by atoms with Crippen LogP contribution in [0.1, 0.15) is 27.4 Å². The molecule has 0 saturated heterocycles. The van der Waals surface area contributed by atoms with Crippen LogP contribution in [0.4, 0.5) is 5.13 Å². The zero-order valence-electron chi connectivity index (χ0n) is 18.0. The molecule has 0 aliphatic heterocycles. The molecular formula is C22H19ClN6O3S. The molecule has 4 heterocycles. The Balaban J connectivity index is 1.53. The van der Waals surface area contributed by atoms with E-state index in [0.29, 0.717) is 37.9 Å². The van der Waals surface area contributed by atoms with Crippen molar-refractivity contribution in [1.82, 2.24) is 25.1 Å². The van der Waals surface area contributed by atoms with Crippen molar-refractivity contribution in [2.75, 3.05) is 12.4 Å². The van der Waals surface area contributed by atoms with Gasteiger partial charge in [-0.05, 0) is 49.4 Å². The number of hydrogen-bond acceptors (Lipinski definition) is 9. The summed E-state index contributed by atoms with van der Waals surface area (Å²) in [5.41, 5.74) is 4.05. The minimum absolute atomic E-state index is 0.201. The summed E-state index contributed by atoms with van der Waals surface area (Å²) in [5, 5.41) is 11.9. The van der Waals surface area contributed by atoms with Crippen LogP contribution >= 0.6 is 22.9 Å². The number of halogens is 1. The van der Waals surface area contributed by atoms with Crippen molar-refractivity contribution in [3.63, 3.8) is 0 Å². The van der Waals surface area contributed by atoms with Gasteiger partial charge in [0.2, 0.25) is 5.13 Å². The number of carbonyl (C=O) groups excluding carboxylic acids is 1. The molecule has 0 spiro atoms. The average Bonchev–Trinajstić information content (AvgIpc) is 3.25. The van der Waals surface area contributed by atoms with Gasteiger partial charge < -0.3 is 9.47 Å². The SMILES string of the molecule is COc1cnc(C)cc1-c1cc(C)ncc1C(=O)Nc1nnc(OCc2ccc(Cl)cn2)s1. The lowest BCUT2D eigenvalue weighted by atomic mass is 9.99. The molecule has 4 aromatic heterocycles. The summed E-state index contributed by atoms with van der Waals surface area (Å²) in [6, 6.07) is 7.19. The number of rotatable bonds is 7. The van der Waals surface area contributed by atoms with E-state index < -0.39 is 0 Å².